The van der Waals surface area contributed by atoms with Gasteiger partial charge in [0.05, 0.1) is 0 Å². The minimum absolute atomic E-state index is 0.0800. The zero-order chi connectivity index (χ0) is 17.9. The number of carbonyl (C=O) groups is 3. The third-order valence-electron chi connectivity index (χ3n) is 3.58. The average Bonchev–Trinajstić information content (AvgIpc) is 2.58. The molecule has 0 aliphatic heterocycles. The van der Waals surface area contributed by atoms with Gasteiger partial charge in [-0.1, -0.05) is 32.0 Å². The van der Waals surface area contributed by atoms with E-state index in [4.69, 9.17) is 5.11 Å². The first kappa shape index (κ1) is 19.7. The Kier molecular flexibility index (Phi) is 8.54. The van der Waals surface area contributed by atoms with Gasteiger partial charge in [-0.2, -0.15) is 0 Å². The largest absolute Gasteiger partial charge is 0.481 e. The molecule has 132 valence electrons. The van der Waals surface area contributed by atoms with Crippen molar-refractivity contribution in [3.63, 3.8) is 0 Å². The molecule has 0 bridgehead atoms. The Bertz CT molecular complexity index is 539. The van der Waals surface area contributed by atoms with Crippen molar-refractivity contribution in [2.45, 2.75) is 45.6 Å². The van der Waals surface area contributed by atoms with Gasteiger partial charge in [-0.15, -0.1) is 0 Å². The van der Waals surface area contributed by atoms with Crippen LogP contribution in [0.5, 0.6) is 0 Å². The topological polar surface area (TPSA) is 86.7 Å². The number of hydrogen-bond donors (Lipinski definition) is 2. The lowest BCUT2D eigenvalue weighted by atomic mass is 10.1. The molecule has 0 saturated carbocycles. The summed E-state index contributed by atoms with van der Waals surface area (Å²) in [4.78, 5) is 37.6. The van der Waals surface area contributed by atoms with Crippen LogP contribution in [0.2, 0.25) is 0 Å². The molecule has 1 rings (SSSR count). The molecule has 2 amide bonds. The monoisotopic (exact) mass is 334 g/mol. The number of amides is 2. The minimum atomic E-state index is -0.987. The highest BCUT2D eigenvalue weighted by atomic mass is 16.4. The molecule has 2 N–H and O–H groups in total. The van der Waals surface area contributed by atoms with Crippen molar-refractivity contribution in [2.75, 3.05) is 13.1 Å². The highest BCUT2D eigenvalue weighted by Gasteiger charge is 2.26. The first-order valence-corrected chi connectivity index (χ1v) is 8.36. The summed E-state index contributed by atoms with van der Waals surface area (Å²) in [5, 5.41) is 11.6. The smallest absolute Gasteiger partial charge is 0.303 e. The fraction of sp³-hybridized carbons (Fsp3) is 0.500. The van der Waals surface area contributed by atoms with Crippen molar-refractivity contribution in [1.82, 2.24) is 10.2 Å². The number of aliphatic carboxylic acids is 1. The summed E-state index contributed by atoms with van der Waals surface area (Å²) >= 11 is 0. The fourth-order valence-corrected chi connectivity index (χ4v) is 2.45. The molecule has 1 aromatic rings. The second-order valence-corrected chi connectivity index (χ2v) is 5.65. The number of carboxylic acids is 1. The van der Waals surface area contributed by atoms with E-state index in [0.29, 0.717) is 18.7 Å². The van der Waals surface area contributed by atoms with Crippen LogP contribution < -0.4 is 5.32 Å². The maximum atomic E-state index is 12.7. The predicted octanol–water partition coefficient (Wildman–Crippen LogP) is 2.30. The Morgan fingerprint density at radius 3 is 2.17 bits per heavy atom. The number of nitrogens with one attached hydrogen (secondary N) is 1. The summed E-state index contributed by atoms with van der Waals surface area (Å²) in [5.74, 6) is -1.57. The molecule has 6 heteroatoms. The van der Waals surface area contributed by atoms with E-state index < -0.39 is 12.0 Å². The molecule has 0 fully saturated rings. The SMILES string of the molecule is CCCN(CCC)C(=O)[C@H](CCC(=O)O)NC(=O)c1ccccc1. The van der Waals surface area contributed by atoms with Crippen LogP contribution >= 0.6 is 0 Å². The van der Waals surface area contributed by atoms with Crippen LogP contribution in [-0.4, -0.2) is 46.9 Å². The summed E-state index contributed by atoms with van der Waals surface area (Å²) < 4.78 is 0. The Hall–Kier alpha value is -2.37. The third-order valence-corrected chi connectivity index (χ3v) is 3.58. The first-order chi connectivity index (χ1) is 11.5. The molecule has 0 aliphatic rings. The van der Waals surface area contributed by atoms with Crippen LogP contribution in [0.15, 0.2) is 30.3 Å². The van der Waals surface area contributed by atoms with Gasteiger partial charge in [0, 0.05) is 25.1 Å². The Morgan fingerprint density at radius 1 is 1.08 bits per heavy atom. The number of carbonyl (C=O) groups excluding carboxylic acids is 2. The molecule has 0 saturated heterocycles. The van der Waals surface area contributed by atoms with Crippen molar-refractivity contribution in [2.24, 2.45) is 0 Å². The van der Waals surface area contributed by atoms with E-state index in [1.807, 2.05) is 13.8 Å². The second-order valence-electron chi connectivity index (χ2n) is 5.65. The molecular formula is C18H26N2O4. The van der Waals surface area contributed by atoms with E-state index in [1.54, 1.807) is 35.2 Å². The van der Waals surface area contributed by atoms with Crippen LogP contribution in [0, 0.1) is 0 Å². The van der Waals surface area contributed by atoms with Crippen molar-refractivity contribution in [3.05, 3.63) is 35.9 Å². The number of rotatable bonds is 10. The third kappa shape index (κ3) is 6.40. The minimum Gasteiger partial charge on any atom is -0.481 e. The lowest BCUT2D eigenvalue weighted by Gasteiger charge is -2.27. The normalized spacial score (nSPS) is 11.6. The zero-order valence-corrected chi connectivity index (χ0v) is 14.3. The van der Waals surface area contributed by atoms with E-state index in [-0.39, 0.29) is 24.7 Å². The van der Waals surface area contributed by atoms with Crippen LogP contribution in [0.25, 0.3) is 0 Å². The maximum Gasteiger partial charge on any atom is 0.303 e. The summed E-state index contributed by atoms with van der Waals surface area (Å²) in [7, 11) is 0. The molecule has 0 heterocycles. The summed E-state index contributed by atoms with van der Waals surface area (Å²) in [5.41, 5.74) is 0.447. The molecule has 1 atom stereocenters. The van der Waals surface area contributed by atoms with Crippen LogP contribution in [0.3, 0.4) is 0 Å². The molecule has 0 aliphatic carbocycles. The Morgan fingerprint density at radius 2 is 1.67 bits per heavy atom. The van der Waals surface area contributed by atoms with Gasteiger partial charge in [0.1, 0.15) is 6.04 Å². The number of benzene rings is 1. The van der Waals surface area contributed by atoms with Crippen molar-refractivity contribution in [3.8, 4) is 0 Å². The molecule has 1 aromatic carbocycles. The molecule has 0 aromatic heterocycles. The number of nitrogens with zero attached hydrogens (tertiary/aromatic N) is 1. The molecule has 0 spiro atoms. The molecule has 6 nitrogen and oxygen atoms in total. The maximum absolute atomic E-state index is 12.7. The Balaban J connectivity index is 2.87. The molecule has 0 radical (unpaired) electrons. The lowest BCUT2D eigenvalue weighted by Crippen LogP contribution is -2.49. The predicted molar refractivity (Wildman–Crippen MR) is 91.7 cm³/mol. The number of carboxylic acid groups (broad SMARTS) is 1. The standard InChI is InChI=1S/C18H26N2O4/c1-3-12-20(13-4-2)18(24)15(10-11-16(21)22)19-17(23)14-8-6-5-7-9-14/h5-9,15H,3-4,10-13H2,1-2H3,(H,19,23)(H,21,22)/t15-/m0/s1. The zero-order valence-electron chi connectivity index (χ0n) is 14.3. The molecule has 24 heavy (non-hydrogen) atoms. The van der Waals surface area contributed by atoms with E-state index in [2.05, 4.69) is 5.32 Å². The van der Waals surface area contributed by atoms with Gasteiger partial charge in [-0.25, -0.2) is 0 Å². The Labute approximate surface area is 142 Å². The van der Waals surface area contributed by atoms with Gasteiger partial charge in [0.25, 0.3) is 5.91 Å². The van der Waals surface area contributed by atoms with E-state index >= 15 is 0 Å². The second kappa shape index (κ2) is 10.4. The van der Waals surface area contributed by atoms with E-state index in [0.717, 1.165) is 12.8 Å². The van der Waals surface area contributed by atoms with Crippen molar-refractivity contribution in [1.29, 1.82) is 0 Å². The highest BCUT2D eigenvalue weighted by Crippen LogP contribution is 2.08. The van der Waals surface area contributed by atoms with Gasteiger partial charge in [-0.3, -0.25) is 14.4 Å². The summed E-state index contributed by atoms with van der Waals surface area (Å²) in [6, 6.07) is 7.77. The van der Waals surface area contributed by atoms with Gasteiger partial charge < -0.3 is 15.3 Å². The van der Waals surface area contributed by atoms with Crippen molar-refractivity contribution < 1.29 is 19.5 Å². The van der Waals surface area contributed by atoms with Crippen LogP contribution in [0.1, 0.15) is 49.9 Å². The number of hydrogen-bond acceptors (Lipinski definition) is 3. The van der Waals surface area contributed by atoms with Crippen LogP contribution in [0.4, 0.5) is 0 Å². The van der Waals surface area contributed by atoms with Crippen LogP contribution in [-0.2, 0) is 9.59 Å². The van der Waals surface area contributed by atoms with Gasteiger partial charge >= 0.3 is 5.97 Å². The van der Waals surface area contributed by atoms with Crippen molar-refractivity contribution >= 4 is 17.8 Å². The van der Waals surface area contributed by atoms with E-state index in [1.165, 1.54) is 0 Å². The van der Waals surface area contributed by atoms with Gasteiger partial charge in [0.2, 0.25) is 5.91 Å². The lowest BCUT2D eigenvalue weighted by molar-refractivity contribution is -0.138. The quantitative estimate of drug-likeness (QED) is 0.687. The first-order valence-electron chi connectivity index (χ1n) is 8.36. The average molecular weight is 334 g/mol. The summed E-state index contributed by atoms with van der Waals surface area (Å²) in [6.07, 6.45) is 1.53. The van der Waals surface area contributed by atoms with Gasteiger partial charge in [-0.05, 0) is 31.4 Å². The van der Waals surface area contributed by atoms with E-state index in [9.17, 15) is 14.4 Å². The molecule has 0 unspecified atom stereocenters. The highest BCUT2D eigenvalue weighted by molar-refractivity contribution is 5.97. The molecular weight excluding hydrogens is 308 g/mol. The summed E-state index contributed by atoms with van der Waals surface area (Å²) in [6.45, 7) is 5.14. The van der Waals surface area contributed by atoms with Gasteiger partial charge in [0.15, 0.2) is 0 Å². The fourth-order valence-electron chi connectivity index (χ4n) is 2.45.